The van der Waals surface area contributed by atoms with Crippen LogP contribution in [0, 0.1) is 5.82 Å². The van der Waals surface area contributed by atoms with Gasteiger partial charge in [-0.05, 0) is 38.1 Å². The minimum Gasteiger partial charge on any atom is -0.460 e. The normalized spacial score (nSPS) is 10.7. The Hall–Kier alpha value is -3.48. The van der Waals surface area contributed by atoms with Gasteiger partial charge in [-0.25, -0.2) is 19.0 Å². The van der Waals surface area contributed by atoms with Crippen molar-refractivity contribution in [2.45, 2.75) is 20.0 Å². The van der Waals surface area contributed by atoms with Crippen LogP contribution in [0.15, 0.2) is 59.1 Å². The van der Waals surface area contributed by atoms with Gasteiger partial charge in [0.1, 0.15) is 5.82 Å². The van der Waals surface area contributed by atoms with Crippen molar-refractivity contribution >= 4 is 11.9 Å². The number of oxazole rings is 1. The highest BCUT2D eigenvalue weighted by Gasteiger charge is 2.20. The zero-order valence-corrected chi connectivity index (χ0v) is 15.3. The molecule has 1 heterocycles. The molecule has 0 amide bonds. The van der Waals surface area contributed by atoms with Crippen LogP contribution < -0.4 is 0 Å². The van der Waals surface area contributed by atoms with E-state index in [2.05, 4.69) is 4.98 Å². The van der Waals surface area contributed by atoms with Crippen LogP contribution in [0.2, 0.25) is 0 Å². The lowest BCUT2D eigenvalue weighted by molar-refractivity contribution is -0.150. The number of hydrogen-bond acceptors (Lipinski definition) is 6. The molecule has 144 valence electrons. The number of halogens is 1. The lowest BCUT2D eigenvalue weighted by Gasteiger charge is -2.09. The Bertz CT molecular complexity index is 996. The number of rotatable bonds is 6. The highest BCUT2D eigenvalue weighted by molar-refractivity contribution is 5.97. The zero-order valence-electron chi connectivity index (χ0n) is 15.3. The Labute approximate surface area is 160 Å². The van der Waals surface area contributed by atoms with Crippen molar-refractivity contribution in [3.05, 3.63) is 66.1 Å². The monoisotopic (exact) mass is 383 g/mol. The smallest absolute Gasteiger partial charge is 0.344 e. The lowest BCUT2D eigenvalue weighted by Crippen LogP contribution is -2.19. The molecule has 0 spiro atoms. The van der Waals surface area contributed by atoms with Gasteiger partial charge in [-0.2, -0.15) is 0 Å². The van der Waals surface area contributed by atoms with Crippen molar-refractivity contribution in [1.29, 1.82) is 0 Å². The Balaban J connectivity index is 1.82. The maximum absolute atomic E-state index is 14.0. The van der Waals surface area contributed by atoms with Crippen molar-refractivity contribution in [2.75, 3.05) is 6.61 Å². The number of ether oxygens (including phenoxy) is 2. The first-order valence-electron chi connectivity index (χ1n) is 8.62. The number of carbonyl (C=O) groups excluding carboxylic acids is 2. The summed E-state index contributed by atoms with van der Waals surface area (Å²) in [5.74, 6) is -1.44. The largest absolute Gasteiger partial charge is 0.460 e. The van der Waals surface area contributed by atoms with Gasteiger partial charge in [-0.15, -0.1) is 0 Å². The summed E-state index contributed by atoms with van der Waals surface area (Å²) in [6.45, 7) is 2.90. The molecule has 2 aromatic carbocycles. The van der Waals surface area contributed by atoms with Gasteiger partial charge in [0.25, 0.3) is 0 Å². The van der Waals surface area contributed by atoms with E-state index in [9.17, 15) is 14.0 Å². The molecule has 0 atom stereocenters. The van der Waals surface area contributed by atoms with Crippen LogP contribution in [-0.2, 0) is 14.3 Å². The molecule has 0 saturated heterocycles. The highest BCUT2D eigenvalue weighted by atomic mass is 19.1. The van der Waals surface area contributed by atoms with E-state index in [0.717, 1.165) is 0 Å². The number of nitrogens with zero attached hydrogens (tertiary/aromatic N) is 1. The third-order valence-electron chi connectivity index (χ3n) is 3.71. The molecular weight excluding hydrogens is 365 g/mol. The molecule has 6 nitrogen and oxygen atoms in total. The van der Waals surface area contributed by atoms with Gasteiger partial charge >= 0.3 is 11.9 Å². The summed E-state index contributed by atoms with van der Waals surface area (Å²) < 4.78 is 29.6. The number of aromatic nitrogens is 1. The highest BCUT2D eigenvalue weighted by Crippen LogP contribution is 2.29. The van der Waals surface area contributed by atoms with Crippen molar-refractivity contribution in [3.8, 4) is 22.8 Å². The van der Waals surface area contributed by atoms with Gasteiger partial charge < -0.3 is 13.9 Å². The fourth-order valence-electron chi connectivity index (χ4n) is 2.53. The Morgan fingerprint density at radius 2 is 1.75 bits per heavy atom. The number of hydrogen-bond donors (Lipinski definition) is 0. The second-order valence-electron chi connectivity index (χ2n) is 6.17. The van der Waals surface area contributed by atoms with Gasteiger partial charge in [0, 0.05) is 0 Å². The molecule has 0 N–H and O–H groups in total. The minimum absolute atomic E-state index is 0.135. The molecular formula is C21H18FNO5. The van der Waals surface area contributed by atoms with E-state index in [-0.39, 0.29) is 28.9 Å². The Morgan fingerprint density at radius 3 is 2.46 bits per heavy atom. The predicted molar refractivity (Wildman–Crippen MR) is 98.8 cm³/mol. The molecule has 1 aromatic heterocycles. The standard InChI is InChI=1S/C21H18FNO5/c1-13(2)27-19(24)12-26-21(25)15-8-4-3-7-14(15)20-23-11-18(28-20)16-9-5-6-10-17(16)22/h3-11,13H,12H2,1-2H3. The predicted octanol–water partition coefficient (Wildman–Crippen LogP) is 4.26. The maximum Gasteiger partial charge on any atom is 0.344 e. The molecule has 0 bridgehead atoms. The summed E-state index contributed by atoms with van der Waals surface area (Å²) in [6, 6.07) is 12.6. The van der Waals surface area contributed by atoms with Crippen molar-refractivity contribution in [1.82, 2.24) is 4.98 Å². The molecule has 3 aromatic rings. The number of esters is 2. The molecule has 0 aliphatic rings. The first-order chi connectivity index (χ1) is 13.5. The van der Waals surface area contributed by atoms with Crippen molar-refractivity contribution < 1.29 is 27.9 Å². The lowest BCUT2D eigenvalue weighted by atomic mass is 10.1. The Morgan fingerprint density at radius 1 is 1.07 bits per heavy atom. The maximum atomic E-state index is 14.0. The summed E-state index contributed by atoms with van der Waals surface area (Å²) in [4.78, 5) is 28.1. The van der Waals surface area contributed by atoms with Crippen LogP contribution in [0.25, 0.3) is 22.8 Å². The summed E-state index contributed by atoms with van der Waals surface area (Å²) >= 11 is 0. The first-order valence-corrected chi connectivity index (χ1v) is 8.62. The first kappa shape index (κ1) is 19.3. The van der Waals surface area contributed by atoms with Crippen LogP contribution in [0.4, 0.5) is 4.39 Å². The van der Waals surface area contributed by atoms with Crippen LogP contribution in [-0.4, -0.2) is 29.6 Å². The molecule has 28 heavy (non-hydrogen) atoms. The quantitative estimate of drug-likeness (QED) is 0.592. The average molecular weight is 383 g/mol. The van der Waals surface area contributed by atoms with E-state index in [0.29, 0.717) is 5.56 Å². The van der Waals surface area contributed by atoms with Crippen LogP contribution in [0.5, 0.6) is 0 Å². The molecule has 0 aliphatic carbocycles. The van der Waals surface area contributed by atoms with Crippen LogP contribution in [0.3, 0.4) is 0 Å². The van der Waals surface area contributed by atoms with E-state index in [1.807, 2.05) is 0 Å². The summed E-state index contributed by atoms with van der Waals surface area (Å²) in [6.07, 6.45) is 1.08. The van der Waals surface area contributed by atoms with E-state index < -0.39 is 24.4 Å². The van der Waals surface area contributed by atoms with E-state index in [1.165, 1.54) is 18.3 Å². The second-order valence-corrected chi connectivity index (χ2v) is 6.17. The molecule has 0 saturated carbocycles. The third-order valence-corrected chi connectivity index (χ3v) is 3.71. The Kier molecular flexibility index (Phi) is 5.84. The SMILES string of the molecule is CC(C)OC(=O)COC(=O)c1ccccc1-c1ncc(-c2ccccc2F)o1. The summed E-state index contributed by atoms with van der Waals surface area (Å²) in [5, 5.41) is 0. The molecule has 0 unspecified atom stereocenters. The van der Waals surface area contributed by atoms with Gasteiger partial charge in [-0.1, -0.05) is 24.3 Å². The molecule has 3 rings (SSSR count). The average Bonchev–Trinajstić information content (AvgIpc) is 3.15. The van der Waals surface area contributed by atoms with E-state index in [1.54, 1.807) is 50.2 Å². The van der Waals surface area contributed by atoms with E-state index in [4.69, 9.17) is 13.9 Å². The van der Waals surface area contributed by atoms with Crippen molar-refractivity contribution in [2.24, 2.45) is 0 Å². The third kappa shape index (κ3) is 4.43. The van der Waals surface area contributed by atoms with Gasteiger partial charge in [-0.3, -0.25) is 0 Å². The fourth-order valence-corrected chi connectivity index (χ4v) is 2.53. The van der Waals surface area contributed by atoms with Crippen LogP contribution >= 0.6 is 0 Å². The van der Waals surface area contributed by atoms with E-state index >= 15 is 0 Å². The molecule has 0 aliphatic heterocycles. The number of carbonyl (C=O) groups is 2. The van der Waals surface area contributed by atoms with Gasteiger partial charge in [0.2, 0.25) is 5.89 Å². The van der Waals surface area contributed by atoms with Crippen LogP contribution in [0.1, 0.15) is 24.2 Å². The molecule has 0 radical (unpaired) electrons. The zero-order chi connectivity index (χ0) is 20.1. The van der Waals surface area contributed by atoms with Gasteiger partial charge in [0.05, 0.1) is 29.0 Å². The summed E-state index contributed by atoms with van der Waals surface area (Å²) in [5.41, 5.74) is 0.798. The summed E-state index contributed by atoms with van der Waals surface area (Å²) in [7, 11) is 0. The van der Waals surface area contributed by atoms with Gasteiger partial charge in [0.15, 0.2) is 12.4 Å². The number of benzene rings is 2. The second kappa shape index (κ2) is 8.47. The molecule has 0 fully saturated rings. The minimum atomic E-state index is -0.720. The molecule has 7 heteroatoms. The topological polar surface area (TPSA) is 78.6 Å². The fraction of sp³-hybridized carbons (Fsp3) is 0.190. The van der Waals surface area contributed by atoms with Crippen molar-refractivity contribution in [3.63, 3.8) is 0 Å².